The second-order valence-corrected chi connectivity index (χ2v) is 13.6. The SMILES string of the molecule is c1ccc(-c2cccc(N(c3ccc(-c4ccc(-c5ccccc5)cc4-c4ccccc4)cc3)c3ccc4oc5cc6ccncc6cc5c4c3)c2)cc1. The highest BCUT2D eigenvalue weighted by Crippen LogP contribution is 2.42. The van der Waals surface area contributed by atoms with Gasteiger partial charge in [-0.1, -0.05) is 127 Å². The van der Waals surface area contributed by atoms with Gasteiger partial charge in [-0.05, 0) is 117 Å². The Hall–Kier alpha value is -7.23. The molecule has 0 saturated carbocycles. The van der Waals surface area contributed by atoms with Crippen LogP contribution in [-0.4, -0.2) is 4.98 Å². The van der Waals surface area contributed by atoms with Crippen molar-refractivity contribution in [3.05, 3.63) is 207 Å². The molecule has 0 spiro atoms. The smallest absolute Gasteiger partial charge is 0.136 e. The van der Waals surface area contributed by atoms with Crippen LogP contribution >= 0.6 is 0 Å². The van der Waals surface area contributed by atoms with Crippen LogP contribution in [0, 0.1) is 0 Å². The zero-order valence-corrected chi connectivity index (χ0v) is 29.4. The maximum Gasteiger partial charge on any atom is 0.136 e. The molecule has 3 heteroatoms. The summed E-state index contributed by atoms with van der Waals surface area (Å²) in [6.07, 6.45) is 3.74. The summed E-state index contributed by atoms with van der Waals surface area (Å²) in [6.45, 7) is 0. The number of aromatic nitrogens is 1. The van der Waals surface area contributed by atoms with Gasteiger partial charge in [0.05, 0.1) is 0 Å². The molecule has 0 radical (unpaired) electrons. The van der Waals surface area contributed by atoms with E-state index in [0.29, 0.717) is 0 Å². The van der Waals surface area contributed by atoms with Gasteiger partial charge < -0.3 is 9.32 Å². The molecule has 0 aliphatic heterocycles. The van der Waals surface area contributed by atoms with Gasteiger partial charge in [0, 0.05) is 45.6 Å². The van der Waals surface area contributed by atoms with Gasteiger partial charge >= 0.3 is 0 Å². The van der Waals surface area contributed by atoms with Crippen LogP contribution in [0.4, 0.5) is 17.1 Å². The molecular formula is C51H34N2O. The molecule has 0 fully saturated rings. The summed E-state index contributed by atoms with van der Waals surface area (Å²) in [4.78, 5) is 6.71. The monoisotopic (exact) mass is 690 g/mol. The first-order chi connectivity index (χ1) is 26.7. The molecule has 0 bridgehead atoms. The number of benzene rings is 8. The molecular weight excluding hydrogens is 657 g/mol. The minimum Gasteiger partial charge on any atom is -0.456 e. The van der Waals surface area contributed by atoms with Gasteiger partial charge in [-0.2, -0.15) is 0 Å². The zero-order valence-electron chi connectivity index (χ0n) is 29.4. The topological polar surface area (TPSA) is 29.3 Å². The average molecular weight is 691 g/mol. The third-order valence-electron chi connectivity index (χ3n) is 10.3. The Morgan fingerprint density at radius 2 is 0.944 bits per heavy atom. The van der Waals surface area contributed by atoms with E-state index in [4.69, 9.17) is 4.42 Å². The van der Waals surface area contributed by atoms with Crippen molar-refractivity contribution in [1.29, 1.82) is 0 Å². The number of hydrogen-bond donors (Lipinski definition) is 0. The molecule has 0 aliphatic carbocycles. The van der Waals surface area contributed by atoms with Gasteiger partial charge in [0.2, 0.25) is 0 Å². The molecule has 3 nitrogen and oxygen atoms in total. The third-order valence-corrected chi connectivity index (χ3v) is 10.3. The van der Waals surface area contributed by atoms with Crippen molar-refractivity contribution in [3.8, 4) is 44.5 Å². The molecule has 8 aromatic carbocycles. The van der Waals surface area contributed by atoms with Crippen LogP contribution in [0.5, 0.6) is 0 Å². The van der Waals surface area contributed by atoms with Crippen molar-refractivity contribution in [2.45, 2.75) is 0 Å². The normalized spacial score (nSPS) is 11.3. The van der Waals surface area contributed by atoms with Gasteiger partial charge in [0.25, 0.3) is 0 Å². The predicted molar refractivity (Wildman–Crippen MR) is 225 cm³/mol. The van der Waals surface area contributed by atoms with Crippen LogP contribution in [0.2, 0.25) is 0 Å². The fourth-order valence-corrected chi connectivity index (χ4v) is 7.64. The van der Waals surface area contributed by atoms with Crippen LogP contribution < -0.4 is 4.90 Å². The van der Waals surface area contributed by atoms with Crippen molar-refractivity contribution < 1.29 is 4.42 Å². The second kappa shape index (κ2) is 13.4. The lowest BCUT2D eigenvalue weighted by molar-refractivity contribution is 0.669. The molecule has 0 unspecified atom stereocenters. The molecule has 54 heavy (non-hydrogen) atoms. The van der Waals surface area contributed by atoms with Crippen molar-refractivity contribution in [2.75, 3.05) is 4.90 Å². The Balaban J connectivity index is 1.11. The van der Waals surface area contributed by atoms with Crippen molar-refractivity contribution in [1.82, 2.24) is 4.98 Å². The number of furan rings is 1. The van der Waals surface area contributed by atoms with E-state index < -0.39 is 0 Å². The van der Waals surface area contributed by atoms with Gasteiger partial charge in [0.15, 0.2) is 0 Å². The second-order valence-electron chi connectivity index (χ2n) is 13.6. The first kappa shape index (κ1) is 31.5. The Morgan fingerprint density at radius 3 is 1.69 bits per heavy atom. The van der Waals surface area contributed by atoms with Gasteiger partial charge in [-0.3, -0.25) is 4.98 Å². The number of fused-ring (bicyclic) bond motifs is 4. The summed E-state index contributed by atoms with van der Waals surface area (Å²) in [5, 5.41) is 4.35. The number of anilines is 3. The van der Waals surface area contributed by atoms with Crippen LogP contribution in [0.15, 0.2) is 211 Å². The van der Waals surface area contributed by atoms with Crippen LogP contribution in [0.25, 0.3) is 77.2 Å². The Bertz CT molecular complexity index is 2920. The number of nitrogens with zero attached hydrogens (tertiary/aromatic N) is 2. The number of rotatable bonds is 7. The molecule has 0 aliphatic rings. The molecule has 2 heterocycles. The molecule has 0 saturated heterocycles. The minimum atomic E-state index is 0.859. The average Bonchev–Trinajstić information content (AvgIpc) is 3.60. The van der Waals surface area contributed by atoms with E-state index in [-0.39, 0.29) is 0 Å². The van der Waals surface area contributed by atoms with E-state index in [2.05, 4.69) is 198 Å². The molecule has 0 amide bonds. The summed E-state index contributed by atoms with van der Waals surface area (Å²) in [5.41, 5.74) is 14.4. The van der Waals surface area contributed by atoms with Crippen molar-refractivity contribution in [2.24, 2.45) is 0 Å². The molecule has 2 aromatic heterocycles. The summed E-state index contributed by atoms with van der Waals surface area (Å²) < 4.78 is 6.39. The number of pyridine rings is 1. The van der Waals surface area contributed by atoms with E-state index in [0.717, 1.165) is 60.9 Å². The Kier molecular flexibility index (Phi) is 7.81. The van der Waals surface area contributed by atoms with E-state index in [1.807, 2.05) is 18.5 Å². The zero-order chi connectivity index (χ0) is 35.8. The fraction of sp³-hybridized carbons (Fsp3) is 0. The van der Waals surface area contributed by atoms with Crippen LogP contribution in [0.1, 0.15) is 0 Å². The molecule has 10 rings (SSSR count). The highest BCUT2D eigenvalue weighted by Gasteiger charge is 2.18. The summed E-state index contributed by atoms with van der Waals surface area (Å²) in [6, 6.07) is 69.2. The van der Waals surface area contributed by atoms with Gasteiger partial charge in [0.1, 0.15) is 11.2 Å². The highest BCUT2D eigenvalue weighted by molar-refractivity contribution is 6.11. The first-order valence-electron chi connectivity index (χ1n) is 18.3. The third kappa shape index (κ3) is 5.78. The van der Waals surface area contributed by atoms with Crippen LogP contribution in [0.3, 0.4) is 0 Å². The lowest BCUT2D eigenvalue weighted by Crippen LogP contribution is -2.10. The lowest BCUT2D eigenvalue weighted by Gasteiger charge is -2.26. The maximum absolute atomic E-state index is 6.39. The van der Waals surface area contributed by atoms with E-state index in [1.165, 1.54) is 33.4 Å². The predicted octanol–water partition coefficient (Wildman–Crippen LogP) is 14.3. The van der Waals surface area contributed by atoms with Crippen molar-refractivity contribution in [3.63, 3.8) is 0 Å². The van der Waals surface area contributed by atoms with E-state index >= 15 is 0 Å². The summed E-state index contributed by atoms with van der Waals surface area (Å²) in [5.74, 6) is 0. The van der Waals surface area contributed by atoms with Gasteiger partial charge in [-0.15, -0.1) is 0 Å². The molecule has 0 atom stereocenters. The van der Waals surface area contributed by atoms with Gasteiger partial charge in [-0.25, -0.2) is 0 Å². The summed E-state index contributed by atoms with van der Waals surface area (Å²) >= 11 is 0. The molecule has 10 aromatic rings. The maximum atomic E-state index is 6.39. The van der Waals surface area contributed by atoms with Crippen molar-refractivity contribution >= 4 is 49.8 Å². The largest absolute Gasteiger partial charge is 0.456 e. The summed E-state index contributed by atoms with van der Waals surface area (Å²) in [7, 11) is 0. The minimum absolute atomic E-state index is 0.859. The van der Waals surface area contributed by atoms with E-state index in [9.17, 15) is 0 Å². The standard InChI is InChI=1S/C51H34N2O/c1-4-11-35(12-5-1)39-17-10-18-44(29-39)53(45-24-26-50-49(33-45)48-31-42-34-52-28-27-41(42)32-51(48)54-50)43-22-19-38(20-23-43)46-25-21-40(36-13-6-2-7-14-36)30-47(46)37-15-8-3-9-16-37/h1-34H. The lowest BCUT2D eigenvalue weighted by atomic mass is 9.91. The van der Waals surface area contributed by atoms with E-state index in [1.54, 1.807) is 0 Å². The van der Waals surface area contributed by atoms with Crippen LogP contribution in [-0.2, 0) is 0 Å². The highest BCUT2D eigenvalue weighted by atomic mass is 16.3. The quantitative estimate of drug-likeness (QED) is 0.167. The molecule has 254 valence electrons. The number of hydrogen-bond acceptors (Lipinski definition) is 3. The Morgan fingerprint density at radius 1 is 0.352 bits per heavy atom. The fourth-order valence-electron chi connectivity index (χ4n) is 7.64. The molecule has 0 N–H and O–H groups in total. The first-order valence-corrected chi connectivity index (χ1v) is 18.3. The Labute approximate surface area is 314 Å².